The molecule has 1 aliphatic carbocycles. The Morgan fingerprint density at radius 1 is 1.29 bits per heavy atom. The lowest BCUT2D eigenvalue weighted by molar-refractivity contribution is -0.138. The summed E-state index contributed by atoms with van der Waals surface area (Å²) in [6.07, 6.45) is 5.90. The summed E-state index contributed by atoms with van der Waals surface area (Å²) < 4.78 is 10.9. The average Bonchev–Trinajstić information content (AvgIpc) is 2.67. The number of ether oxygens (including phenoxy) is 1. The number of nitrogens with one attached hydrogen (secondary N) is 1. The Labute approximate surface area is 161 Å². The van der Waals surface area contributed by atoms with Gasteiger partial charge in [-0.1, -0.05) is 19.3 Å². The van der Waals surface area contributed by atoms with E-state index < -0.39 is 34.9 Å². The molecule has 0 bridgehead atoms. The molecule has 1 aromatic heterocycles. The highest BCUT2D eigenvalue weighted by Gasteiger charge is 2.24. The van der Waals surface area contributed by atoms with Crippen molar-refractivity contribution in [1.29, 1.82) is 0 Å². The summed E-state index contributed by atoms with van der Waals surface area (Å²) in [6.45, 7) is 1.81. The summed E-state index contributed by atoms with van der Waals surface area (Å²) in [5.41, 5.74) is -1.57. The van der Waals surface area contributed by atoms with E-state index in [1.807, 2.05) is 0 Å². The van der Waals surface area contributed by atoms with Crippen LogP contribution in [0.5, 0.6) is 11.5 Å². The summed E-state index contributed by atoms with van der Waals surface area (Å²) >= 11 is 0. The van der Waals surface area contributed by atoms with E-state index in [1.54, 1.807) is 6.07 Å². The van der Waals surface area contributed by atoms with Crippen molar-refractivity contribution in [2.75, 3.05) is 6.61 Å². The van der Waals surface area contributed by atoms with Crippen molar-refractivity contribution in [2.45, 2.75) is 45.1 Å². The molecule has 1 saturated carbocycles. The maximum Gasteiger partial charge on any atom is 0.353 e. The van der Waals surface area contributed by atoms with Crippen molar-refractivity contribution in [3.05, 3.63) is 34.2 Å². The molecular formula is C20H23NO7. The SMILES string of the molecule is C[C@H](NC(=O)c1c(O)c2cc(OCC3CCCCC3)ccc2oc1=O)C(=O)O. The molecule has 8 nitrogen and oxygen atoms in total. The highest BCUT2D eigenvalue weighted by atomic mass is 16.5. The Hall–Kier alpha value is -3.03. The van der Waals surface area contributed by atoms with Gasteiger partial charge in [-0.05, 0) is 43.9 Å². The fourth-order valence-electron chi connectivity index (χ4n) is 3.35. The van der Waals surface area contributed by atoms with Gasteiger partial charge in [-0.3, -0.25) is 9.59 Å². The number of carboxylic acids is 1. The minimum atomic E-state index is -1.27. The largest absolute Gasteiger partial charge is 0.506 e. The second kappa shape index (κ2) is 8.33. The van der Waals surface area contributed by atoms with E-state index in [9.17, 15) is 19.5 Å². The molecule has 0 radical (unpaired) electrons. The van der Waals surface area contributed by atoms with Crippen LogP contribution in [-0.2, 0) is 4.79 Å². The number of hydrogen-bond donors (Lipinski definition) is 3. The summed E-state index contributed by atoms with van der Waals surface area (Å²) in [5, 5.41) is 21.6. The average molecular weight is 389 g/mol. The molecule has 1 atom stereocenters. The van der Waals surface area contributed by atoms with Crippen molar-refractivity contribution >= 4 is 22.8 Å². The molecule has 3 rings (SSSR count). The van der Waals surface area contributed by atoms with E-state index in [2.05, 4.69) is 5.32 Å². The number of carboxylic acid groups (broad SMARTS) is 1. The second-order valence-corrected chi connectivity index (χ2v) is 7.12. The zero-order chi connectivity index (χ0) is 20.3. The Morgan fingerprint density at radius 2 is 2.00 bits per heavy atom. The number of aromatic hydroxyl groups is 1. The third kappa shape index (κ3) is 4.27. The van der Waals surface area contributed by atoms with Crippen LogP contribution >= 0.6 is 0 Å². The number of hydrogen-bond acceptors (Lipinski definition) is 6. The minimum absolute atomic E-state index is 0.107. The normalized spacial score (nSPS) is 15.9. The van der Waals surface area contributed by atoms with E-state index in [4.69, 9.17) is 14.3 Å². The Balaban J connectivity index is 1.86. The number of amides is 1. The second-order valence-electron chi connectivity index (χ2n) is 7.12. The number of benzene rings is 1. The fraction of sp³-hybridized carbons (Fsp3) is 0.450. The lowest BCUT2D eigenvalue weighted by Gasteiger charge is -2.21. The molecule has 0 spiro atoms. The third-order valence-electron chi connectivity index (χ3n) is 5.01. The zero-order valence-corrected chi connectivity index (χ0v) is 15.6. The van der Waals surface area contributed by atoms with Crippen LogP contribution in [0.3, 0.4) is 0 Å². The maximum atomic E-state index is 12.2. The molecule has 1 fully saturated rings. The van der Waals surface area contributed by atoms with Crippen LogP contribution in [0.4, 0.5) is 0 Å². The predicted octanol–water partition coefficient (Wildman–Crippen LogP) is 2.66. The first-order chi connectivity index (χ1) is 13.4. The van der Waals surface area contributed by atoms with Crippen LogP contribution in [0.25, 0.3) is 11.0 Å². The van der Waals surface area contributed by atoms with Crippen molar-refractivity contribution in [3.8, 4) is 11.5 Å². The number of carbonyl (C=O) groups excluding carboxylic acids is 1. The van der Waals surface area contributed by atoms with Gasteiger partial charge >= 0.3 is 11.6 Å². The van der Waals surface area contributed by atoms with Gasteiger partial charge < -0.3 is 24.7 Å². The van der Waals surface area contributed by atoms with Crippen LogP contribution in [0.15, 0.2) is 27.4 Å². The molecule has 1 amide bonds. The standard InChI is InChI=1S/C20H23NO7/c1-11(19(24)25)21-18(23)16-17(22)14-9-13(7-8-15(14)28-20(16)26)27-10-12-5-3-2-4-6-12/h7-9,11-12,22H,2-6,10H2,1H3,(H,21,23)(H,24,25)/t11-/m0/s1. The Bertz CT molecular complexity index is 943. The van der Waals surface area contributed by atoms with Crippen molar-refractivity contribution in [1.82, 2.24) is 5.32 Å². The number of carbonyl (C=O) groups is 2. The van der Waals surface area contributed by atoms with Gasteiger partial charge in [0.2, 0.25) is 0 Å². The lowest BCUT2D eigenvalue weighted by Crippen LogP contribution is -2.40. The first kappa shape index (κ1) is 19.7. The topological polar surface area (TPSA) is 126 Å². The van der Waals surface area contributed by atoms with E-state index in [0.29, 0.717) is 18.3 Å². The van der Waals surface area contributed by atoms with Gasteiger partial charge in [0, 0.05) is 0 Å². The lowest BCUT2D eigenvalue weighted by atomic mass is 9.90. The Morgan fingerprint density at radius 3 is 2.68 bits per heavy atom. The minimum Gasteiger partial charge on any atom is -0.506 e. The zero-order valence-electron chi connectivity index (χ0n) is 15.6. The van der Waals surface area contributed by atoms with Crippen LogP contribution < -0.4 is 15.7 Å². The van der Waals surface area contributed by atoms with E-state index in [1.165, 1.54) is 38.3 Å². The fourth-order valence-corrected chi connectivity index (χ4v) is 3.35. The summed E-state index contributed by atoms with van der Waals surface area (Å²) in [7, 11) is 0. The van der Waals surface area contributed by atoms with Gasteiger partial charge in [0.25, 0.3) is 5.91 Å². The quantitative estimate of drug-likeness (QED) is 0.648. The van der Waals surface area contributed by atoms with Crippen LogP contribution in [0.2, 0.25) is 0 Å². The van der Waals surface area contributed by atoms with E-state index in [0.717, 1.165) is 12.8 Å². The molecule has 150 valence electrons. The van der Waals surface area contributed by atoms with Crippen LogP contribution in [0.1, 0.15) is 49.4 Å². The Kier molecular flexibility index (Phi) is 5.87. The predicted molar refractivity (Wildman–Crippen MR) is 101 cm³/mol. The van der Waals surface area contributed by atoms with Gasteiger partial charge in [-0.25, -0.2) is 4.79 Å². The smallest absolute Gasteiger partial charge is 0.353 e. The summed E-state index contributed by atoms with van der Waals surface area (Å²) in [5.74, 6) is -1.87. The first-order valence-electron chi connectivity index (χ1n) is 9.33. The van der Waals surface area contributed by atoms with Gasteiger partial charge in [0.1, 0.15) is 23.1 Å². The first-order valence-corrected chi connectivity index (χ1v) is 9.33. The summed E-state index contributed by atoms with van der Waals surface area (Å²) in [4.78, 5) is 35.2. The van der Waals surface area contributed by atoms with Crippen LogP contribution in [0, 0.1) is 5.92 Å². The molecule has 3 N–H and O–H groups in total. The van der Waals surface area contributed by atoms with E-state index >= 15 is 0 Å². The van der Waals surface area contributed by atoms with Crippen molar-refractivity contribution < 1.29 is 29.0 Å². The van der Waals surface area contributed by atoms with E-state index in [-0.39, 0.29) is 11.0 Å². The van der Waals surface area contributed by atoms with Crippen molar-refractivity contribution in [3.63, 3.8) is 0 Å². The number of rotatable bonds is 6. The molecule has 0 unspecified atom stereocenters. The molecule has 1 aliphatic rings. The van der Waals surface area contributed by atoms with Gasteiger partial charge in [-0.15, -0.1) is 0 Å². The van der Waals surface area contributed by atoms with Gasteiger partial charge in [0.05, 0.1) is 12.0 Å². The molecule has 1 heterocycles. The maximum absolute atomic E-state index is 12.2. The molecule has 8 heteroatoms. The highest BCUT2D eigenvalue weighted by molar-refractivity contribution is 6.02. The monoisotopic (exact) mass is 389 g/mol. The summed E-state index contributed by atoms with van der Waals surface area (Å²) in [6, 6.07) is 3.41. The number of aliphatic carboxylic acids is 1. The van der Waals surface area contributed by atoms with Crippen molar-refractivity contribution in [2.24, 2.45) is 5.92 Å². The molecule has 2 aromatic rings. The molecule has 1 aromatic carbocycles. The van der Waals surface area contributed by atoms with Gasteiger partial charge in [0.15, 0.2) is 5.56 Å². The van der Waals surface area contributed by atoms with Crippen LogP contribution in [-0.4, -0.2) is 34.7 Å². The molecule has 28 heavy (non-hydrogen) atoms. The highest BCUT2D eigenvalue weighted by Crippen LogP contribution is 2.31. The molecular weight excluding hydrogens is 366 g/mol. The molecule has 0 saturated heterocycles. The number of fused-ring (bicyclic) bond motifs is 1. The molecule has 0 aliphatic heterocycles. The van der Waals surface area contributed by atoms with Gasteiger partial charge in [-0.2, -0.15) is 0 Å². The third-order valence-corrected chi connectivity index (χ3v) is 5.01.